The highest BCUT2D eigenvalue weighted by atomic mass is 35.5. The summed E-state index contributed by atoms with van der Waals surface area (Å²) in [7, 11) is 1.58. The van der Waals surface area contributed by atoms with Crippen molar-refractivity contribution in [2.75, 3.05) is 19.5 Å². The van der Waals surface area contributed by atoms with Gasteiger partial charge in [-0.2, -0.15) is 0 Å². The summed E-state index contributed by atoms with van der Waals surface area (Å²) in [6, 6.07) is 4.36. The average Bonchev–Trinajstić information content (AvgIpc) is 2.31. The lowest BCUT2D eigenvalue weighted by molar-refractivity contribution is -0.119. The number of thioether (sulfide) groups is 1. The molecule has 3 nitrogen and oxygen atoms in total. The first-order chi connectivity index (χ1) is 8.52. The molecule has 0 bridgehead atoms. The number of carbonyl (C=O) groups excluding carboxylic acids is 1. The van der Waals surface area contributed by atoms with Gasteiger partial charge in [-0.15, -0.1) is 11.8 Å². The molecular weight excluding hydrogens is 277 g/mol. The molecule has 6 heteroatoms. The Balaban J connectivity index is 2.40. The molecule has 1 aromatic carbocycles. The fraction of sp³-hybridized carbons (Fsp3) is 0.417. The first kappa shape index (κ1) is 15.3. The lowest BCUT2D eigenvalue weighted by atomic mass is 10.3. The first-order valence-electron chi connectivity index (χ1n) is 5.39. The molecule has 1 aromatic rings. The predicted octanol–water partition coefficient (Wildman–Crippen LogP) is 2.72. The van der Waals surface area contributed by atoms with Crippen molar-refractivity contribution in [3.8, 4) is 0 Å². The third-order valence-corrected chi connectivity index (χ3v) is 3.37. The topological polar surface area (TPSA) is 38.3 Å². The van der Waals surface area contributed by atoms with Gasteiger partial charge in [0.15, 0.2) is 0 Å². The molecule has 0 unspecified atom stereocenters. The number of nitrogens with one attached hydrogen (secondary N) is 1. The van der Waals surface area contributed by atoms with Crippen molar-refractivity contribution < 1.29 is 13.9 Å². The zero-order valence-corrected chi connectivity index (χ0v) is 11.8. The van der Waals surface area contributed by atoms with Crippen molar-refractivity contribution in [2.24, 2.45) is 0 Å². The number of amides is 1. The summed E-state index contributed by atoms with van der Waals surface area (Å²) in [5.41, 5.74) is 0. The van der Waals surface area contributed by atoms with Crippen LogP contribution in [0, 0.1) is 5.82 Å². The van der Waals surface area contributed by atoms with Crippen LogP contribution in [0.5, 0.6) is 0 Å². The van der Waals surface area contributed by atoms with Crippen LogP contribution in [-0.2, 0) is 9.53 Å². The van der Waals surface area contributed by atoms with Crippen LogP contribution >= 0.6 is 23.4 Å². The van der Waals surface area contributed by atoms with Crippen molar-refractivity contribution in [1.29, 1.82) is 0 Å². The molecule has 0 radical (unpaired) electrons. The van der Waals surface area contributed by atoms with Gasteiger partial charge in [-0.05, 0) is 25.1 Å². The standard InChI is InChI=1S/C12H15ClFNO2S/c1-8(6-17-2)15-12(16)7-18-9-3-4-11(14)10(13)5-9/h3-5,8H,6-7H2,1-2H3,(H,15,16)/t8-/m0/s1. The van der Waals surface area contributed by atoms with Crippen LogP contribution in [-0.4, -0.2) is 31.4 Å². The minimum atomic E-state index is -0.459. The molecule has 1 rings (SSSR count). The minimum absolute atomic E-state index is 0.0279. The Morgan fingerprint density at radius 2 is 2.33 bits per heavy atom. The van der Waals surface area contributed by atoms with Gasteiger partial charge in [0.2, 0.25) is 5.91 Å². The van der Waals surface area contributed by atoms with Gasteiger partial charge in [0, 0.05) is 18.0 Å². The van der Waals surface area contributed by atoms with Gasteiger partial charge in [0.1, 0.15) is 5.82 Å². The maximum Gasteiger partial charge on any atom is 0.230 e. The van der Waals surface area contributed by atoms with E-state index in [4.69, 9.17) is 16.3 Å². The Labute approximate surface area is 115 Å². The number of carbonyl (C=O) groups is 1. The molecule has 0 aromatic heterocycles. The highest BCUT2D eigenvalue weighted by Crippen LogP contribution is 2.23. The Morgan fingerprint density at radius 3 is 2.94 bits per heavy atom. The Bertz CT molecular complexity index is 417. The second-order valence-corrected chi connectivity index (χ2v) is 5.24. The van der Waals surface area contributed by atoms with Gasteiger partial charge in [-0.3, -0.25) is 4.79 Å². The van der Waals surface area contributed by atoms with Gasteiger partial charge in [0.25, 0.3) is 0 Å². The Kier molecular flexibility index (Phi) is 6.46. The second kappa shape index (κ2) is 7.61. The van der Waals surface area contributed by atoms with Crippen LogP contribution in [0.2, 0.25) is 5.02 Å². The van der Waals surface area contributed by atoms with E-state index in [9.17, 15) is 9.18 Å². The van der Waals surface area contributed by atoms with Crippen LogP contribution in [0.15, 0.2) is 23.1 Å². The van der Waals surface area contributed by atoms with Gasteiger partial charge in [0.05, 0.1) is 17.4 Å². The lowest BCUT2D eigenvalue weighted by Crippen LogP contribution is -2.36. The monoisotopic (exact) mass is 291 g/mol. The van der Waals surface area contributed by atoms with Crippen LogP contribution in [0.3, 0.4) is 0 Å². The van der Waals surface area contributed by atoms with Crippen molar-refractivity contribution in [2.45, 2.75) is 17.9 Å². The quantitative estimate of drug-likeness (QED) is 0.819. The zero-order chi connectivity index (χ0) is 13.5. The normalized spacial score (nSPS) is 12.2. The van der Waals surface area contributed by atoms with E-state index in [-0.39, 0.29) is 22.7 Å². The molecule has 0 saturated carbocycles. The number of methoxy groups -OCH3 is 1. The summed E-state index contributed by atoms with van der Waals surface area (Å²) < 4.78 is 17.8. The van der Waals surface area contributed by atoms with Crippen LogP contribution in [0.4, 0.5) is 4.39 Å². The summed E-state index contributed by atoms with van der Waals surface area (Å²) >= 11 is 6.96. The number of rotatable bonds is 6. The van der Waals surface area contributed by atoms with E-state index >= 15 is 0 Å². The molecule has 0 spiro atoms. The van der Waals surface area contributed by atoms with Gasteiger partial charge in [-0.25, -0.2) is 4.39 Å². The summed E-state index contributed by atoms with van der Waals surface area (Å²) in [6.07, 6.45) is 0. The maximum atomic E-state index is 12.9. The summed E-state index contributed by atoms with van der Waals surface area (Å²) in [6.45, 7) is 2.33. The molecule has 100 valence electrons. The molecule has 0 fully saturated rings. The average molecular weight is 292 g/mol. The van der Waals surface area contributed by atoms with Gasteiger partial charge in [-0.1, -0.05) is 11.6 Å². The van der Waals surface area contributed by atoms with E-state index in [1.165, 1.54) is 23.9 Å². The molecule has 1 atom stereocenters. The summed E-state index contributed by atoms with van der Waals surface area (Å²) in [4.78, 5) is 12.3. The Morgan fingerprint density at radius 1 is 1.61 bits per heavy atom. The molecule has 0 saturated heterocycles. The van der Waals surface area contributed by atoms with E-state index < -0.39 is 5.82 Å². The fourth-order valence-electron chi connectivity index (χ4n) is 1.32. The summed E-state index contributed by atoms with van der Waals surface area (Å²) in [5.74, 6) is -0.292. The van der Waals surface area contributed by atoms with Gasteiger partial charge >= 0.3 is 0 Å². The van der Waals surface area contributed by atoms with E-state index in [0.717, 1.165) is 4.90 Å². The first-order valence-corrected chi connectivity index (χ1v) is 6.75. The number of benzene rings is 1. The Hall–Kier alpha value is -0.780. The maximum absolute atomic E-state index is 12.9. The largest absolute Gasteiger partial charge is 0.383 e. The molecule has 18 heavy (non-hydrogen) atoms. The number of ether oxygens (including phenoxy) is 1. The zero-order valence-electron chi connectivity index (χ0n) is 10.2. The molecular formula is C12H15ClFNO2S. The van der Waals surface area contributed by atoms with Gasteiger partial charge < -0.3 is 10.1 Å². The van der Waals surface area contributed by atoms with E-state index in [2.05, 4.69) is 5.32 Å². The molecule has 0 aliphatic heterocycles. The molecule has 0 aliphatic carbocycles. The highest BCUT2D eigenvalue weighted by Gasteiger charge is 2.08. The van der Waals surface area contributed by atoms with Crippen LogP contribution in [0.25, 0.3) is 0 Å². The SMILES string of the molecule is COC[C@H](C)NC(=O)CSc1ccc(F)c(Cl)c1. The molecule has 0 heterocycles. The smallest absolute Gasteiger partial charge is 0.230 e. The van der Waals surface area contributed by atoms with Crippen LogP contribution in [0.1, 0.15) is 6.92 Å². The number of hydrogen-bond acceptors (Lipinski definition) is 3. The lowest BCUT2D eigenvalue weighted by Gasteiger charge is -2.12. The third-order valence-electron chi connectivity index (χ3n) is 2.09. The second-order valence-electron chi connectivity index (χ2n) is 3.79. The molecule has 1 amide bonds. The third kappa shape index (κ3) is 5.25. The fourth-order valence-corrected chi connectivity index (χ4v) is 2.32. The summed E-state index contributed by atoms with van der Waals surface area (Å²) in [5, 5.41) is 2.85. The van der Waals surface area contributed by atoms with E-state index in [0.29, 0.717) is 6.61 Å². The van der Waals surface area contributed by atoms with Crippen molar-refractivity contribution in [3.05, 3.63) is 29.0 Å². The molecule has 1 N–H and O–H groups in total. The van der Waals surface area contributed by atoms with Crippen molar-refractivity contribution in [3.63, 3.8) is 0 Å². The van der Waals surface area contributed by atoms with E-state index in [1.807, 2.05) is 6.92 Å². The highest BCUT2D eigenvalue weighted by molar-refractivity contribution is 8.00. The molecule has 0 aliphatic rings. The van der Waals surface area contributed by atoms with E-state index in [1.54, 1.807) is 13.2 Å². The predicted molar refractivity (Wildman–Crippen MR) is 71.6 cm³/mol. The van der Waals surface area contributed by atoms with Crippen molar-refractivity contribution >= 4 is 29.3 Å². The van der Waals surface area contributed by atoms with Crippen LogP contribution < -0.4 is 5.32 Å². The number of hydrogen-bond donors (Lipinski definition) is 1. The minimum Gasteiger partial charge on any atom is -0.383 e. The number of halogens is 2. The van der Waals surface area contributed by atoms with Crippen molar-refractivity contribution in [1.82, 2.24) is 5.32 Å².